The topological polar surface area (TPSA) is 156 Å². The van der Waals surface area contributed by atoms with Crippen LogP contribution in [-0.2, 0) is 18.9 Å². The van der Waals surface area contributed by atoms with Gasteiger partial charge in [-0.3, -0.25) is 9.78 Å². The maximum absolute atomic E-state index is 13.3. The molecule has 0 saturated carbocycles. The van der Waals surface area contributed by atoms with E-state index < -0.39 is 60.3 Å². The zero-order chi connectivity index (χ0) is 31.4. The highest BCUT2D eigenvalue weighted by molar-refractivity contribution is 5.91. The lowest BCUT2D eigenvalue weighted by atomic mass is 10.1. The summed E-state index contributed by atoms with van der Waals surface area (Å²) in [5.41, 5.74) is 1.73. The Morgan fingerprint density at radius 1 is 0.727 bits per heavy atom. The predicted molar refractivity (Wildman–Crippen MR) is 155 cm³/mol. The SMILES string of the molecule is Cc1ccc(C(=O)OC[C@@H]2O[C@@H](n3ncc(=O)[nH]c3=O)[C@@H](OC(=O)c3ccc(C)cc3)[C@@H]2OC(=O)c2ccc(C)cc2)cc1. The minimum absolute atomic E-state index is 0.189. The average Bonchev–Trinajstić information content (AvgIpc) is 3.32. The molecule has 44 heavy (non-hydrogen) atoms. The predicted octanol–water partition coefficient (Wildman–Crippen LogP) is 3.06. The normalized spacial score (nSPS) is 19.2. The number of H-pyrrole nitrogens is 1. The first-order valence-corrected chi connectivity index (χ1v) is 13.7. The van der Waals surface area contributed by atoms with E-state index in [0.717, 1.165) is 27.6 Å². The van der Waals surface area contributed by atoms with E-state index in [1.54, 1.807) is 72.8 Å². The summed E-state index contributed by atoms with van der Waals surface area (Å²) in [5.74, 6) is -2.24. The number of esters is 3. The number of carbonyl (C=O) groups excluding carboxylic acids is 3. The summed E-state index contributed by atoms with van der Waals surface area (Å²) in [6.07, 6.45) is -4.64. The van der Waals surface area contributed by atoms with Gasteiger partial charge in [-0.05, 0) is 57.2 Å². The Balaban J connectivity index is 1.50. The lowest BCUT2D eigenvalue weighted by Gasteiger charge is -2.24. The first kappa shape index (κ1) is 30.1. The van der Waals surface area contributed by atoms with Crippen LogP contribution >= 0.6 is 0 Å². The minimum atomic E-state index is -1.47. The zero-order valence-corrected chi connectivity index (χ0v) is 24.1. The monoisotopic (exact) mass is 599 g/mol. The molecule has 4 atom stereocenters. The number of carbonyl (C=O) groups is 3. The van der Waals surface area contributed by atoms with Crippen LogP contribution in [0.5, 0.6) is 0 Å². The number of ether oxygens (including phenoxy) is 4. The van der Waals surface area contributed by atoms with Crippen LogP contribution in [0.15, 0.2) is 88.6 Å². The van der Waals surface area contributed by atoms with Gasteiger partial charge >= 0.3 is 23.6 Å². The Hall–Kier alpha value is -5.36. The summed E-state index contributed by atoms with van der Waals surface area (Å²) in [6, 6.07) is 19.8. The lowest BCUT2D eigenvalue weighted by molar-refractivity contribution is -0.0699. The van der Waals surface area contributed by atoms with Crippen LogP contribution in [0.25, 0.3) is 0 Å². The van der Waals surface area contributed by atoms with Gasteiger partial charge in [0.15, 0.2) is 18.4 Å². The van der Waals surface area contributed by atoms with Gasteiger partial charge < -0.3 is 18.9 Å². The highest BCUT2D eigenvalue weighted by Gasteiger charge is 2.52. The van der Waals surface area contributed by atoms with Crippen LogP contribution in [0.4, 0.5) is 0 Å². The molecule has 3 aromatic carbocycles. The third-order valence-electron chi connectivity index (χ3n) is 6.99. The van der Waals surface area contributed by atoms with E-state index in [1.807, 2.05) is 20.8 Å². The Bertz CT molecular complexity index is 1780. The van der Waals surface area contributed by atoms with Crippen molar-refractivity contribution in [3.05, 3.63) is 133 Å². The van der Waals surface area contributed by atoms with Gasteiger partial charge in [0.2, 0.25) is 0 Å². The van der Waals surface area contributed by atoms with Gasteiger partial charge in [-0.1, -0.05) is 53.1 Å². The molecule has 0 aliphatic carbocycles. The molecule has 0 radical (unpaired) electrons. The van der Waals surface area contributed by atoms with Gasteiger partial charge in [0.1, 0.15) is 18.9 Å². The Kier molecular flexibility index (Phi) is 8.81. The molecule has 0 unspecified atom stereocenters. The maximum atomic E-state index is 13.3. The van der Waals surface area contributed by atoms with Crippen molar-refractivity contribution in [1.29, 1.82) is 0 Å². The fourth-order valence-electron chi connectivity index (χ4n) is 4.54. The highest BCUT2D eigenvalue weighted by atomic mass is 16.7. The first-order chi connectivity index (χ1) is 21.1. The molecule has 0 bridgehead atoms. The van der Waals surface area contributed by atoms with Crippen molar-refractivity contribution in [2.45, 2.75) is 45.3 Å². The van der Waals surface area contributed by atoms with E-state index in [2.05, 4.69) is 10.1 Å². The molecule has 1 fully saturated rings. The van der Waals surface area contributed by atoms with Gasteiger partial charge in [0.05, 0.1) is 16.7 Å². The second-order valence-corrected chi connectivity index (χ2v) is 10.4. The van der Waals surface area contributed by atoms with Crippen molar-refractivity contribution in [2.24, 2.45) is 0 Å². The molecule has 1 saturated heterocycles. The van der Waals surface area contributed by atoms with Crippen LogP contribution < -0.4 is 11.2 Å². The van der Waals surface area contributed by atoms with E-state index in [4.69, 9.17) is 18.9 Å². The van der Waals surface area contributed by atoms with Crippen molar-refractivity contribution < 1.29 is 33.3 Å². The zero-order valence-electron chi connectivity index (χ0n) is 24.1. The van der Waals surface area contributed by atoms with Crippen molar-refractivity contribution in [3.8, 4) is 0 Å². The van der Waals surface area contributed by atoms with Crippen LogP contribution in [0.1, 0.15) is 54.0 Å². The van der Waals surface area contributed by atoms with Crippen molar-refractivity contribution in [2.75, 3.05) is 6.61 Å². The Labute approximate surface area is 251 Å². The number of nitrogens with one attached hydrogen (secondary N) is 1. The van der Waals surface area contributed by atoms with E-state index >= 15 is 0 Å². The molecule has 1 aliphatic rings. The molecule has 0 amide bonds. The number of benzene rings is 3. The number of hydrogen-bond donors (Lipinski definition) is 1. The number of aryl methyl sites for hydroxylation is 3. The number of aromatic nitrogens is 3. The smallest absolute Gasteiger partial charge is 0.347 e. The molecule has 1 aromatic heterocycles. The third-order valence-corrected chi connectivity index (χ3v) is 6.99. The summed E-state index contributed by atoms with van der Waals surface area (Å²) in [6.45, 7) is 5.15. The van der Waals surface area contributed by atoms with E-state index in [1.165, 1.54) is 0 Å². The van der Waals surface area contributed by atoms with Gasteiger partial charge in [-0.15, -0.1) is 0 Å². The standard InChI is InChI=1S/C32H29N3O9/c1-18-4-10-21(11-5-18)29(37)41-17-24-26(43-30(38)22-12-6-19(2)7-13-22)27(44-31(39)23-14-8-20(3)9-15-23)28(42-24)35-32(40)34-25(36)16-33-35/h4-16,24,26-28H,17H2,1-3H3,(H,34,36,40)/t24-,26+,27-,28+/m0/s1. The van der Waals surface area contributed by atoms with Gasteiger partial charge in [-0.25, -0.2) is 19.2 Å². The molecule has 5 rings (SSSR count). The molecule has 2 heterocycles. The van der Waals surface area contributed by atoms with Crippen molar-refractivity contribution in [1.82, 2.24) is 14.8 Å². The molecule has 226 valence electrons. The fourth-order valence-corrected chi connectivity index (χ4v) is 4.54. The molecular weight excluding hydrogens is 570 g/mol. The summed E-state index contributed by atoms with van der Waals surface area (Å²) in [4.78, 5) is 66.0. The number of nitrogens with zero attached hydrogens (tertiary/aromatic N) is 2. The second kappa shape index (κ2) is 12.9. The number of rotatable bonds is 8. The molecular formula is C32H29N3O9. The minimum Gasteiger partial charge on any atom is -0.459 e. The highest BCUT2D eigenvalue weighted by Crippen LogP contribution is 2.34. The number of hydrogen-bond acceptors (Lipinski definition) is 10. The third kappa shape index (κ3) is 6.81. The first-order valence-electron chi connectivity index (χ1n) is 13.7. The van der Waals surface area contributed by atoms with Gasteiger partial charge in [0.25, 0.3) is 5.56 Å². The molecule has 12 heteroatoms. The van der Waals surface area contributed by atoms with Crippen LogP contribution in [-0.4, -0.2) is 57.6 Å². The largest absolute Gasteiger partial charge is 0.459 e. The molecule has 12 nitrogen and oxygen atoms in total. The summed E-state index contributed by atoms with van der Waals surface area (Å²) in [5, 5.41) is 3.86. The molecule has 1 aliphatic heterocycles. The molecule has 0 spiro atoms. The van der Waals surface area contributed by atoms with E-state index in [-0.39, 0.29) is 16.7 Å². The second-order valence-electron chi connectivity index (χ2n) is 10.4. The quantitative estimate of drug-likeness (QED) is 0.236. The maximum Gasteiger partial charge on any atom is 0.347 e. The summed E-state index contributed by atoms with van der Waals surface area (Å²) >= 11 is 0. The van der Waals surface area contributed by atoms with Gasteiger partial charge in [0, 0.05) is 0 Å². The summed E-state index contributed by atoms with van der Waals surface area (Å²) < 4.78 is 24.0. The summed E-state index contributed by atoms with van der Waals surface area (Å²) in [7, 11) is 0. The van der Waals surface area contributed by atoms with Crippen LogP contribution in [0.2, 0.25) is 0 Å². The van der Waals surface area contributed by atoms with E-state index in [9.17, 15) is 24.0 Å². The lowest BCUT2D eigenvalue weighted by Crippen LogP contribution is -2.43. The average molecular weight is 600 g/mol. The Morgan fingerprint density at radius 2 is 1.18 bits per heavy atom. The van der Waals surface area contributed by atoms with Gasteiger partial charge in [-0.2, -0.15) is 9.78 Å². The van der Waals surface area contributed by atoms with E-state index in [0.29, 0.717) is 0 Å². The van der Waals surface area contributed by atoms with Crippen LogP contribution in [0.3, 0.4) is 0 Å². The van der Waals surface area contributed by atoms with Crippen molar-refractivity contribution >= 4 is 17.9 Å². The van der Waals surface area contributed by atoms with Crippen LogP contribution in [0, 0.1) is 20.8 Å². The molecule has 4 aromatic rings. The van der Waals surface area contributed by atoms with Crippen molar-refractivity contribution in [3.63, 3.8) is 0 Å². The fraction of sp³-hybridized carbons (Fsp3) is 0.250. The molecule has 1 N–H and O–H groups in total. The number of aromatic amines is 1. The Morgan fingerprint density at radius 3 is 1.66 bits per heavy atom.